The van der Waals surface area contributed by atoms with Crippen molar-refractivity contribution in [2.24, 2.45) is 5.92 Å². The molecule has 1 N–H and O–H groups in total. The monoisotopic (exact) mass is 955 g/mol. The number of esters is 4. The Morgan fingerprint density at radius 1 is 0.418 bits per heavy atom. The van der Waals surface area contributed by atoms with Gasteiger partial charge in [-0.05, 0) is 70.9 Å². The lowest BCUT2D eigenvalue weighted by Crippen LogP contribution is -2.36. The molecule has 0 rings (SSSR count). The van der Waals surface area contributed by atoms with Gasteiger partial charge >= 0.3 is 30.0 Å². The fourth-order valence-electron chi connectivity index (χ4n) is 8.08. The highest BCUT2D eigenvalue weighted by molar-refractivity contribution is 5.70. The van der Waals surface area contributed by atoms with Crippen LogP contribution < -0.4 is 5.32 Å². The average Bonchev–Trinajstić information content (AvgIpc) is 3.32. The van der Waals surface area contributed by atoms with E-state index >= 15 is 0 Å². The summed E-state index contributed by atoms with van der Waals surface area (Å²) in [6.45, 7) is 14.1. The van der Waals surface area contributed by atoms with Crippen molar-refractivity contribution in [3.8, 4) is 0 Å². The van der Waals surface area contributed by atoms with E-state index in [9.17, 15) is 24.0 Å². The molecule has 2 atom stereocenters. The molecule has 0 saturated heterocycles. The van der Waals surface area contributed by atoms with Gasteiger partial charge in [0.05, 0.1) is 12.5 Å². The van der Waals surface area contributed by atoms with E-state index in [4.69, 9.17) is 23.7 Å². The molecular formula is C55H106N2O10. The van der Waals surface area contributed by atoms with E-state index in [2.05, 4.69) is 44.8 Å². The molecule has 0 saturated carbocycles. The maximum absolute atomic E-state index is 12.8. The summed E-state index contributed by atoms with van der Waals surface area (Å²) in [5, 5.41) is 2.76. The van der Waals surface area contributed by atoms with Gasteiger partial charge in [0.25, 0.3) is 0 Å². The zero-order valence-corrected chi connectivity index (χ0v) is 44.1. The molecule has 0 aromatic rings. The Kier molecular flexibility index (Phi) is 47.4. The van der Waals surface area contributed by atoms with Gasteiger partial charge in [-0.1, -0.05) is 176 Å². The predicted molar refractivity (Wildman–Crippen MR) is 274 cm³/mol. The molecule has 0 fully saturated rings. The molecule has 0 aromatic heterocycles. The van der Waals surface area contributed by atoms with Gasteiger partial charge in [-0.2, -0.15) is 0 Å². The van der Waals surface area contributed by atoms with E-state index in [0.717, 1.165) is 77.3 Å². The summed E-state index contributed by atoms with van der Waals surface area (Å²) in [6, 6.07) is 0. The molecule has 396 valence electrons. The topological polar surface area (TPSA) is 147 Å². The number of carbonyl (C=O) groups excluding carboxylic acids is 5. The number of hydrogen-bond acceptors (Lipinski definition) is 11. The molecule has 0 bridgehead atoms. The number of carbonyl (C=O) groups is 5. The molecular weight excluding hydrogens is 849 g/mol. The largest absolute Gasteiger partial charge is 0.466 e. The Morgan fingerprint density at radius 3 is 1.22 bits per heavy atom. The number of hydrogen-bond donors (Lipinski definition) is 1. The van der Waals surface area contributed by atoms with Gasteiger partial charge in [-0.25, -0.2) is 4.79 Å². The number of alkyl carbamates (subject to hydrolysis) is 1. The fourth-order valence-corrected chi connectivity index (χ4v) is 8.08. The molecule has 0 aliphatic heterocycles. The standard InChI is InChI=1S/C55H104N2O10.H2/c1-6-11-14-17-20-22-28-36-45-63-51(58)39-32-26-23-27-33-40-52(59)64-46-49(48-66-55(62)56-43-44-57(9-4)10-5)47-65-53(60)41-34-29-35-42-54(61)67-50(37-30-24-19-16-13-8-3)38-31-25-21-18-15-12-7-2;/h49-50H,6-48H2,1-5H3,(H,56,62);1H. The lowest BCUT2D eigenvalue weighted by Gasteiger charge is -2.19. The molecule has 12 nitrogen and oxygen atoms in total. The van der Waals surface area contributed by atoms with E-state index in [1.165, 1.54) is 109 Å². The van der Waals surface area contributed by atoms with Crippen LogP contribution >= 0.6 is 0 Å². The Hall–Kier alpha value is -2.89. The summed E-state index contributed by atoms with van der Waals surface area (Å²) in [6.07, 6.45) is 34.3. The van der Waals surface area contributed by atoms with E-state index in [1.807, 2.05) is 0 Å². The first-order valence-electron chi connectivity index (χ1n) is 28.0. The minimum absolute atomic E-state index is 0. The van der Waals surface area contributed by atoms with Crippen LogP contribution in [-0.4, -0.2) is 93.6 Å². The fraction of sp³-hybridized carbons (Fsp3) is 0.909. The van der Waals surface area contributed by atoms with Crippen LogP contribution in [0.5, 0.6) is 0 Å². The number of nitrogens with zero attached hydrogens (tertiary/aromatic N) is 1. The normalized spacial score (nSPS) is 12.1. The van der Waals surface area contributed by atoms with Gasteiger partial charge in [0, 0.05) is 40.2 Å². The third-order valence-corrected chi connectivity index (χ3v) is 12.6. The maximum atomic E-state index is 12.8. The highest BCUT2D eigenvalue weighted by Gasteiger charge is 2.19. The summed E-state index contributed by atoms with van der Waals surface area (Å²) in [5.41, 5.74) is 0. The average molecular weight is 955 g/mol. The summed E-state index contributed by atoms with van der Waals surface area (Å²) < 4.78 is 27.9. The second-order valence-corrected chi connectivity index (χ2v) is 18.9. The first kappa shape index (κ1) is 64.1. The number of rotatable bonds is 50. The molecule has 67 heavy (non-hydrogen) atoms. The molecule has 0 heterocycles. The highest BCUT2D eigenvalue weighted by atomic mass is 16.6. The van der Waals surface area contributed by atoms with Gasteiger partial charge in [-0.15, -0.1) is 0 Å². The SMILES string of the molecule is CCCCCCCCCCOC(=O)CCCCCCCC(=O)OCC(COC(=O)CCCCCC(=O)OC(CCCCCCCC)CCCCCCCCC)COC(=O)NCCN(CC)CC.[HH]. The summed E-state index contributed by atoms with van der Waals surface area (Å²) in [7, 11) is 0. The Labute approximate surface area is 412 Å². The summed E-state index contributed by atoms with van der Waals surface area (Å²) in [4.78, 5) is 64.9. The number of nitrogens with one attached hydrogen (secondary N) is 1. The van der Waals surface area contributed by atoms with Crippen LogP contribution in [-0.2, 0) is 42.9 Å². The predicted octanol–water partition coefficient (Wildman–Crippen LogP) is 14.2. The number of unbranched alkanes of at least 4 members (excludes halogenated alkanes) is 24. The van der Waals surface area contributed by atoms with Crippen LogP contribution in [0.2, 0.25) is 0 Å². The van der Waals surface area contributed by atoms with Crippen LogP contribution in [0.4, 0.5) is 4.79 Å². The maximum Gasteiger partial charge on any atom is 0.407 e. The van der Waals surface area contributed by atoms with Crippen molar-refractivity contribution >= 4 is 30.0 Å². The lowest BCUT2D eigenvalue weighted by molar-refractivity contribution is -0.151. The molecule has 0 radical (unpaired) electrons. The molecule has 2 unspecified atom stereocenters. The van der Waals surface area contributed by atoms with E-state index in [-0.39, 0.29) is 64.1 Å². The molecule has 12 heteroatoms. The minimum Gasteiger partial charge on any atom is -0.466 e. The lowest BCUT2D eigenvalue weighted by atomic mass is 10.0. The molecule has 0 aliphatic rings. The van der Waals surface area contributed by atoms with Crippen molar-refractivity contribution in [1.82, 2.24) is 10.2 Å². The third-order valence-electron chi connectivity index (χ3n) is 12.6. The number of likely N-dealkylation sites (N-methyl/N-ethyl adjacent to an activating group) is 1. The van der Waals surface area contributed by atoms with Crippen LogP contribution in [0, 0.1) is 5.92 Å². The van der Waals surface area contributed by atoms with E-state index in [0.29, 0.717) is 58.2 Å². The van der Waals surface area contributed by atoms with E-state index in [1.54, 1.807) is 0 Å². The smallest absolute Gasteiger partial charge is 0.407 e. The van der Waals surface area contributed by atoms with Gasteiger partial charge in [0.2, 0.25) is 0 Å². The quantitative estimate of drug-likeness (QED) is 0.0353. The van der Waals surface area contributed by atoms with Crippen LogP contribution in [0.15, 0.2) is 0 Å². The highest BCUT2D eigenvalue weighted by Crippen LogP contribution is 2.19. The van der Waals surface area contributed by atoms with Gasteiger partial charge in [0.15, 0.2) is 0 Å². The first-order valence-corrected chi connectivity index (χ1v) is 28.0. The molecule has 1 amide bonds. The second-order valence-electron chi connectivity index (χ2n) is 18.9. The first-order chi connectivity index (χ1) is 32.7. The Bertz CT molecular complexity index is 1170. The van der Waals surface area contributed by atoms with Gasteiger partial charge < -0.3 is 33.9 Å². The zero-order valence-electron chi connectivity index (χ0n) is 44.1. The van der Waals surface area contributed by atoms with Crippen LogP contribution in [0.3, 0.4) is 0 Å². The molecule has 0 aliphatic carbocycles. The Balaban J connectivity index is 0. The summed E-state index contributed by atoms with van der Waals surface area (Å²) >= 11 is 0. The third kappa shape index (κ3) is 45.3. The van der Waals surface area contributed by atoms with Crippen LogP contribution in [0.25, 0.3) is 0 Å². The van der Waals surface area contributed by atoms with E-state index < -0.39 is 12.0 Å². The Morgan fingerprint density at radius 2 is 0.776 bits per heavy atom. The van der Waals surface area contributed by atoms with Crippen molar-refractivity contribution in [1.29, 1.82) is 0 Å². The van der Waals surface area contributed by atoms with Crippen molar-refractivity contribution in [3.05, 3.63) is 0 Å². The number of amides is 1. The summed E-state index contributed by atoms with van der Waals surface area (Å²) in [5.74, 6) is -1.52. The minimum atomic E-state index is -0.573. The van der Waals surface area contributed by atoms with Crippen molar-refractivity contribution < 1.29 is 49.1 Å². The van der Waals surface area contributed by atoms with Crippen molar-refractivity contribution in [2.45, 2.75) is 265 Å². The zero-order chi connectivity index (χ0) is 49.3. The second kappa shape index (κ2) is 49.5. The van der Waals surface area contributed by atoms with Gasteiger partial charge in [-0.3, -0.25) is 19.2 Å². The van der Waals surface area contributed by atoms with Crippen molar-refractivity contribution in [3.63, 3.8) is 0 Å². The molecule has 0 aromatic carbocycles. The molecule has 0 spiro atoms. The van der Waals surface area contributed by atoms with Crippen molar-refractivity contribution in [2.75, 3.05) is 52.6 Å². The van der Waals surface area contributed by atoms with Gasteiger partial charge in [0.1, 0.15) is 25.9 Å². The van der Waals surface area contributed by atoms with Crippen LogP contribution in [0.1, 0.15) is 261 Å². The number of ether oxygens (including phenoxy) is 5.